The lowest BCUT2D eigenvalue weighted by Crippen LogP contribution is -2.24. The minimum atomic E-state index is -0.720. The zero-order chi connectivity index (χ0) is 15.0. The molecule has 3 rings (SSSR count). The van der Waals surface area contributed by atoms with Crippen molar-refractivity contribution < 1.29 is 9.21 Å². The van der Waals surface area contributed by atoms with Gasteiger partial charge in [0.25, 0.3) is 0 Å². The summed E-state index contributed by atoms with van der Waals surface area (Å²) in [5, 5.41) is 0.539. The van der Waals surface area contributed by atoms with E-state index in [-0.39, 0.29) is 12.3 Å². The van der Waals surface area contributed by atoms with Crippen LogP contribution >= 0.6 is 11.6 Å². The van der Waals surface area contributed by atoms with E-state index < -0.39 is 5.76 Å². The van der Waals surface area contributed by atoms with Crippen molar-refractivity contribution in [3.8, 4) is 0 Å². The van der Waals surface area contributed by atoms with E-state index in [9.17, 15) is 9.59 Å². The average Bonchev–Trinajstić information content (AvgIpc) is 2.73. The van der Waals surface area contributed by atoms with Crippen molar-refractivity contribution in [1.29, 1.82) is 0 Å². The molecule has 0 unspecified atom stereocenters. The summed E-state index contributed by atoms with van der Waals surface area (Å²) in [7, 11) is 0. The topological polar surface area (TPSA) is 78.2 Å². The molecule has 1 aromatic heterocycles. The number of nitrogens with zero attached hydrogens (tertiary/aromatic N) is 1. The van der Waals surface area contributed by atoms with Crippen molar-refractivity contribution in [2.45, 2.75) is 6.42 Å². The molecule has 0 atom stereocenters. The summed E-state index contributed by atoms with van der Waals surface area (Å²) in [4.78, 5) is 24.2. The largest absolute Gasteiger partial charge is 0.426 e. The number of nitrogens with two attached hydrogens (primary N) is 1. The molecule has 0 aliphatic rings. The maximum Gasteiger partial charge on any atom is 0.426 e. The first-order chi connectivity index (χ1) is 10.0. The molecule has 21 heavy (non-hydrogen) atoms. The van der Waals surface area contributed by atoms with E-state index in [1.807, 2.05) is 0 Å². The molecule has 0 saturated heterocycles. The molecule has 0 amide bonds. The second-order valence-corrected chi connectivity index (χ2v) is 5.07. The molecule has 0 spiro atoms. The minimum absolute atomic E-state index is 0.0550. The Morgan fingerprint density at radius 1 is 1.24 bits per heavy atom. The Labute approximate surface area is 124 Å². The monoisotopic (exact) mass is 302 g/mol. The van der Waals surface area contributed by atoms with Crippen LogP contribution in [0.1, 0.15) is 10.4 Å². The fourth-order valence-corrected chi connectivity index (χ4v) is 2.38. The zero-order valence-corrected chi connectivity index (χ0v) is 11.6. The maximum absolute atomic E-state index is 12.3. The molecule has 0 aliphatic carbocycles. The molecular weight excluding hydrogens is 292 g/mol. The fraction of sp³-hybridized carbons (Fsp3) is 0.0667. The third-order valence-corrected chi connectivity index (χ3v) is 3.33. The molecule has 6 heteroatoms. The van der Waals surface area contributed by atoms with Crippen LogP contribution in [0.15, 0.2) is 51.7 Å². The highest BCUT2D eigenvalue weighted by Crippen LogP contribution is 2.17. The SMILES string of the molecule is Nc1ccc2c(c1)oc(=O)n2C(=O)Cc1cccc(Cl)c1. The summed E-state index contributed by atoms with van der Waals surface area (Å²) in [6.07, 6.45) is 0.0550. The van der Waals surface area contributed by atoms with Crippen molar-refractivity contribution >= 4 is 34.3 Å². The Hall–Kier alpha value is -2.53. The smallest absolute Gasteiger partial charge is 0.407 e. The van der Waals surface area contributed by atoms with Gasteiger partial charge in [-0.05, 0) is 29.8 Å². The number of anilines is 1. The van der Waals surface area contributed by atoms with Gasteiger partial charge in [0, 0.05) is 16.8 Å². The Bertz CT molecular complexity index is 895. The van der Waals surface area contributed by atoms with Gasteiger partial charge < -0.3 is 10.2 Å². The van der Waals surface area contributed by atoms with Gasteiger partial charge in [-0.1, -0.05) is 23.7 Å². The molecule has 0 radical (unpaired) electrons. The van der Waals surface area contributed by atoms with Crippen molar-refractivity contribution in [3.63, 3.8) is 0 Å². The second kappa shape index (κ2) is 5.10. The molecule has 2 aromatic carbocycles. The van der Waals surface area contributed by atoms with E-state index in [0.717, 1.165) is 10.1 Å². The number of hydrogen-bond acceptors (Lipinski definition) is 4. The minimum Gasteiger partial charge on any atom is -0.407 e. The summed E-state index contributed by atoms with van der Waals surface area (Å²) < 4.78 is 6.05. The quantitative estimate of drug-likeness (QED) is 0.738. The third-order valence-electron chi connectivity index (χ3n) is 3.10. The van der Waals surface area contributed by atoms with Crippen LogP contribution in [0, 0.1) is 0 Å². The first-order valence-electron chi connectivity index (χ1n) is 6.23. The normalized spacial score (nSPS) is 10.9. The highest BCUT2D eigenvalue weighted by atomic mass is 35.5. The Morgan fingerprint density at radius 3 is 2.81 bits per heavy atom. The number of rotatable bonds is 2. The Kier molecular flexibility index (Phi) is 3.27. The van der Waals surface area contributed by atoms with Crippen molar-refractivity contribution in [3.05, 3.63) is 63.6 Å². The van der Waals surface area contributed by atoms with Crippen LogP contribution in [0.3, 0.4) is 0 Å². The number of oxazole rings is 1. The maximum atomic E-state index is 12.3. The lowest BCUT2D eigenvalue weighted by atomic mass is 10.1. The van der Waals surface area contributed by atoms with E-state index in [2.05, 4.69) is 0 Å². The first-order valence-corrected chi connectivity index (χ1v) is 6.61. The van der Waals surface area contributed by atoms with Gasteiger partial charge in [0.15, 0.2) is 5.58 Å². The predicted molar refractivity (Wildman–Crippen MR) is 80.7 cm³/mol. The van der Waals surface area contributed by atoms with Crippen LogP contribution in [0.4, 0.5) is 5.69 Å². The van der Waals surface area contributed by atoms with Gasteiger partial charge in [0.1, 0.15) is 0 Å². The Morgan fingerprint density at radius 2 is 2.05 bits per heavy atom. The number of benzene rings is 2. The number of aromatic nitrogens is 1. The molecule has 0 bridgehead atoms. The van der Waals surface area contributed by atoms with Crippen LogP contribution in [0.5, 0.6) is 0 Å². The number of halogens is 1. The van der Waals surface area contributed by atoms with Crippen LogP contribution in [-0.2, 0) is 6.42 Å². The van der Waals surface area contributed by atoms with Crippen molar-refractivity contribution in [1.82, 2.24) is 4.57 Å². The highest BCUT2D eigenvalue weighted by molar-refractivity contribution is 6.30. The van der Waals surface area contributed by atoms with Crippen LogP contribution < -0.4 is 11.5 Å². The predicted octanol–water partition coefficient (Wildman–Crippen LogP) is 2.71. The van der Waals surface area contributed by atoms with Gasteiger partial charge in [-0.15, -0.1) is 0 Å². The number of carbonyl (C=O) groups excluding carboxylic acids is 1. The van der Waals surface area contributed by atoms with Crippen LogP contribution in [0.2, 0.25) is 5.02 Å². The first kappa shape index (κ1) is 13.5. The fourth-order valence-electron chi connectivity index (χ4n) is 2.17. The molecule has 5 nitrogen and oxygen atoms in total. The van der Waals surface area contributed by atoms with Crippen LogP contribution in [0.25, 0.3) is 11.1 Å². The summed E-state index contributed by atoms with van der Waals surface area (Å²) in [5.41, 5.74) is 7.51. The van der Waals surface area contributed by atoms with Gasteiger partial charge in [0.2, 0.25) is 5.91 Å². The van der Waals surface area contributed by atoms with E-state index in [0.29, 0.717) is 21.8 Å². The number of hydrogen-bond donors (Lipinski definition) is 1. The lowest BCUT2D eigenvalue weighted by Gasteiger charge is -2.02. The van der Waals surface area contributed by atoms with Gasteiger partial charge in [-0.3, -0.25) is 4.79 Å². The van der Waals surface area contributed by atoms with E-state index in [1.165, 1.54) is 6.07 Å². The average molecular weight is 303 g/mol. The molecule has 0 aliphatic heterocycles. The van der Waals surface area contributed by atoms with Crippen LogP contribution in [-0.4, -0.2) is 10.5 Å². The van der Waals surface area contributed by atoms with Crippen molar-refractivity contribution in [2.24, 2.45) is 0 Å². The van der Waals surface area contributed by atoms with E-state index >= 15 is 0 Å². The van der Waals surface area contributed by atoms with Crippen molar-refractivity contribution in [2.75, 3.05) is 5.73 Å². The van der Waals surface area contributed by atoms with Gasteiger partial charge in [-0.25, -0.2) is 9.36 Å². The molecule has 2 N–H and O–H groups in total. The summed E-state index contributed by atoms with van der Waals surface area (Å²) >= 11 is 5.88. The Balaban J connectivity index is 2.02. The lowest BCUT2D eigenvalue weighted by molar-refractivity contribution is 0.0910. The summed E-state index contributed by atoms with van der Waals surface area (Å²) in [6, 6.07) is 11.6. The standard InChI is InChI=1S/C15H11ClN2O3/c16-10-3-1-2-9(6-10)7-14(19)18-12-5-4-11(17)8-13(12)21-15(18)20/h1-6,8H,7,17H2. The highest BCUT2D eigenvalue weighted by Gasteiger charge is 2.16. The second-order valence-electron chi connectivity index (χ2n) is 4.63. The summed E-state index contributed by atoms with van der Waals surface area (Å²) in [6.45, 7) is 0. The number of nitrogen functional groups attached to an aromatic ring is 1. The van der Waals surface area contributed by atoms with Gasteiger partial charge in [-0.2, -0.15) is 0 Å². The molecular formula is C15H11ClN2O3. The molecule has 1 heterocycles. The summed E-state index contributed by atoms with van der Waals surface area (Å²) in [5.74, 6) is -1.10. The number of fused-ring (bicyclic) bond motifs is 1. The number of carbonyl (C=O) groups is 1. The third kappa shape index (κ3) is 2.55. The van der Waals surface area contributed by atoms with E-state index in [4.69, 9.17) is 21.8 Å². The van der Waals surface area contributed by atoms with Gasteiger partial charge in [0.05, 0.1) is 11.9 Å². The molecule has 0 saturated carbocycles. The molecule has 3 aromatic rings. The zero-order valence-electron chi connectivity index (χ0n) is 10.9. The van der Waals surface area contributed by atoms with Gasteiger partial charge >= 0.3 is 5.76 Å². The molecule has 0 fully saturated rings. The molecule has 106 valence electrons. The van der Waals surface area contributed by atoms with E-state index in [1.54, 1.807) is 36.4 Å².